The molecular weight excluding hydrogens is 194 g/mol. The first-order valence-corrected chi connectivity index (χ1v) is 4.95. The summed E-state index contributed by atoms with van der Waals surface area (Å²) in [6.45, 7) is 4.21. The van der Waals surface area contributed by atoms with E-state index in [0.717, 1.165) is 0 Å². The number of hydrogen-bond donors (Lipinski definition) is 2. The van der Waals surface area contributed by atoms with Crippen LogP contribution in [0, 0.1) is 0 Å². The molecule has 0 saturated carbocycles. The molecule has 0 aliphatic rings. The van der Waals surface area contributed by atoms with Crippen molar-refractivity contribution < 1.29 is 14.6 Å². The maximum Gasteiger partial charge on any atom is 0.163 e. The predicted molar refractivity (Wildman–Crippen MR) is 61.3 cm³/mol. The van der Waals surface area contributed by atoms with E-state index in [9.17, 15) is 0 Å². The lowest BCUT2D eigenvalue weighted by molar-refractivity contribution is 0.196. The van der Waals surface area contributed by atoms with Gasteiger partial charge in [0, 0.05) is 11.8 Å². The summed E-state index contributed by atoms with van der Waals surface area (Å²) in [7, 11) is 1.55. The second-order valence-corrected chi connectivity index (χ2v) is 2.48. The topological polar surface area (TPSA) is 64.7 Å². The highest BCUT2D eigenvalue weighted by atomic mass is 16.5. The molecular formula is C11H19NO3. The minimum Gasteiger partial charge on any atom is -0.493 e. The van der Waals surface area contributed by atoms with Crippen molar-refractivity contribution in [1.29, 1.82) is 0 Å². The van der Waals surface area contributed by atoms with Crippen LogP contribution in [-0.2, 0) is 0 Å². The highest BCUT2D eigenvalue weighted by molar-refractivity contribution is 5.51. The largest absolute Gasteiger partial charge is 0.493 e. The SMILES string of the molecule is CC.COc1ccc(N)cc1OCCO. The molecule has 1 aromatic carbocycles. The molecule has 0 bridgehead atoms. The van der Waals surface area contributed by atoms with Gasteiger partial charge in [0.2, 0.25) is 0 Å². The molecule has 1 rings (SSSR count). The maximum absolute atomic E-state index is 8.56. The quantitative estimate of drug-likeness (QED) is 0.747. The van der Waals surface area contributed by atoms with Crippen LogP contribution in [0.25, 0.3) is 0 Å². The van der Waals surface area contributed by atoms with Gasteiger partial charge in [0.05, 0.1) is 13.7 Å². The summed E-state index contributed by atoms with van der Waals surface area (Å²) >= 11 is 0. The summed E-state index contributed by atoms with van der Waals surface area (Å²) in [6.07, 6.45) is 0. The Hall–Kier alpha value is -1.42. The first-order valence-electron chi connectivity index (χ1n) is 4.95. The third-order valence-electron chi connectivity index (χ3n) is 1.54. The molecule has 1 aromatic rings. The van der Waals surface area contributed by atoms with Crippen LogP contribution < -0.4 is 15.2 Å². The van der Waals surface area contributed by atoms with E-state index in [1.165, 1.54) is 0 Å². The third kappa shape index (κ3) is 4.56. The summed E-state index contributed by atoms with van der Waals surface area (Å²) in [5.74, 6) is 1.17. The van der Waals surface area contributed by atoms with E-state index in [-0.39, 0.29) is 13.2 Å². The number of hydrogen-bond acceptors (Lipinski definition) is 4. The van der Waals surface area contributed by atoms with Crippen molar-refractivity contribution in [2.75, 3.05) is 26.1 Å². The van der Waals surface area contributed by atoms with Gasteiger partial charge >= 0.3 is 0 Å². The normalized spacial score (nSPS) is 8.80. The lowest BCUT2D eigenvalue weighted by atomic mass is 10.3. The first kappa shape index (κ1) is 13.6. The minimum absolute atomic E-state index is 0.0298. The van der Waals surface area contributed by atoms with Crippen molar-refractivity contribution in [1.82, 2.24) is 0 Å². The number of nitrogen functional groups attached to an aromatic ring is 1. The zero-order chi connectivity index (χ0) is 11.7. The molecule has 0 fully saturated rings. The Bertz CT molecular complexity index is 277. The van der Waals surface area contributed by atoms with Crippen LogP contribution in [0.5, 0.6) is 11.5 Å². The summed E-state index contributed by atoms with van der Waals surface area (Å²) in [5.41, 5.74) is 6.16. The Labute approximate surface area is 90.6 Å². The van der Waals surface area contributed by atoms with E-state index in [4.69, 9.17) is 20.3 Å². The number of benzene rings is 1. The van der Waals surface area contributed by atoms with Crippen LogP contribution in [0.4, 0.5) is 5.69 Å². The average molecular weight is 213 g/mol. The molecule has 0 radical (unpaired) electrons. The molecule has 0 saturated heterocycles. The van der Waals surface area contributed by atoms with E-state index >= 15 is 0 Å². The fourth-order valence-electron chi connectivity index (χ4n) is 0.962. The van der Waals surface area contributed by atoms with E-state index in [1.54, 1.807) is 25.3 Å². The van der Waals surface area contributed by atoms with E-state index in [0.29, 0.717) is 17.2 Å². The second-order valence-electron chi connectivity index (χ2n) is 2.48. The Morgan fingerprint density at radius 1 is 1.27 bits per heavy atom. The molecule has 4 heteroatoms. The Morgan fingerprint density at radius 2 is 1.93 bits per heavy atom. The Kier molecular flexibility index (Phi) is 7.18. The van der Waals surface area contributed by atoms with Gasteiger partial charge in [-0.25, -0.2) is 0 Å². The standard InChI is InChI=1S/C9H13NO3.C2H6/c1-12-8-3-2-7(10)6-9(8)13-5-4-11;1-2/h2-3,6,11H,4-5,10H2,1H3;1-2H3. The molecule has 15 heavy (non-hydrogen) atoms. The van der Waals surface area contributed by atoms with E-state index in [2.05, 4.69) is 0 Å². The summed E-state index contributed by atoms with van der Waals surface area (Å²) in [4.78, 5) is 0. The van der Waals surface area contributed by atoms with Gasteiger partial charge < -0.3 is 20.3 Å². The lowest BCUT2D eigenvalue weighted by Gasteiger charge is -2.09. The van der Waals surface area contributed by atoms with Crippen LogP contribution in [0.15, 0.2) is 18.2 Å². The van der Waals surface area contributed by atoms with Crippen LogP contribution >= 0.6 is 0 Å². The summed E-state index contributed by atoms with van der Waals surface area (Å²) in [6, 6.07) is 5.11. The molecule has 86 valence electrons. The number of aliphatic hydroxyl groups is 1. The van der Waals surface area contributed by atoms with Crippen LogP contribution in [0.2, 0.25) is 0 Å². The highest BCUT2D eigenvalue weighted by Gasteiger charge is 2.03. The van der Waals surface area contributed by atoms with Crippen molar-refractivity contribution >= 4 is 5.69 Å². The van der Waals surface area contributed by atoms with Crippen molar-refractivity contribution in [2.45, 2.75) is 13.8 Å². The summed E-state index contributed by atoms with van der Waals surface area (Å²) in [5, 5.41) is 8.56. The minimum atomic E-state index is -0.0298. The smallest absolute Gasteiger partial charge is 0.163 e. The lowest BCUT2D eigenvalue weighted by Crippen LogP contribution is -2.03. The summed E-state index contributed by atoms with van der Waals surface area (Å²) < 4.78 is 10.2. The molecule has 0 aliphatic carbocycles. The number of ether oxygens (including phenoxy) is 2. The van der Waals surface area contributed by atoms with Gasteiger partial charge in [-0.3, -0.25) is 0 Å². The van der Waals surface area contributed by atoms with Gasteiger partial charge in [-0.2, -0.15) is 0 Å². The van der Waals surface area contributed by atoms with Crippen LogP contribution in [-0.4, -0.2) is 25.4 Å². The number of nitrogens with two attached hydrogens (primary N) is 1. The van der Waals surface area contributed by atoms with Crippen LogP contribution in [0.1, 0.15) is 13.8 Å². The fraction of sp³-hybridized carbons (Fsp3) is 0.455. The fourth-order valence-corrected chi connectivity index (χ4v) is 0.962. The van der Waals surface area contributed by atoms with E-state index in [1.807, 2.05) is 13.8 Å². The predicted octanol–water partition coefficient (Wildman–Crippen LogP) is 1.67. The number of rotatable bonds is 4. The Balaban J connectivity index is 0.000000921. The van der Waals surface area contributed by atoms with Gasteiger partial charge in [-0.05, 0) is 12.1 Å². The maximum atomic E-state index is 8.56. The molecule has 0 aliphatic heterocycles. The van der Waals surface area contributed by atoms with Gasteiger partial charge in [-0.1, -0.05) is 13.8 Å². The third-order valence-corrected chi connectivity index (χ3v) is 1.54. The van der Waals surface area contributed by atoms with Gasteiger partial charge in [0.1, 0.15) is 6.61 Å². The van der Waals surface area contributed by atoms with Gasteiger partial charge in [0.25, 0.3) is 0 Å². The number of methoxy groups -OCH3 is 1. The zero-order valence-corrected chi connectivity index (χ0v) is 9.49. The number of anilines is 1. The molecule has 0 amide bonds. The van der Waals surface area contributed by atoms with Crippen LogP contribution in [0.3, 0.4) is 0 Å². The van der Waals surface area contributed by atoms with Crippen molar-refractivity contribution in [3.63, 3.8) is 0 Å². The van der Waals surface area contributed by atoms with Crippen molar-refractivity contribution in [3.8, 4) is 11.5 Å². The number of aliphatic hydroxyl groups excluding tert-OH is 1. The van der Waals surface area contributed by atoms with Gasteiger partial charge in [0.15, 0.2) is 11.5 Å². The molecule has 0 unspecified atom stereocenters. The van der Waals surface area contributed by atoms with Crippen molar-refractivity contribution in [3.05, 3.63) is 18.2 Å². The highest BCUT2D eigenvalue weighted by Crippen LogP contribution is 2.28. The average Bonchev–Trinajstić information content (AvgIpc) is 2.29. The first-order chi connectivity index (χ1) is 7.27. The molecule has 0 aromatic heterocycles. The Morgan fingerprint density at radius 3 is 2.47 bits per heavy atom. The van der Waals surface area contributed by atoms with Crippen molar-refractivity contribution in [2.24, 2.45) is 0 Å². The molecule has 4 nitrogen and oxygen atoms in total. The van der Waals surface area contributed by atoms with E-state index < -0.39 is 0 Å². The zero-order valence-electron chi connectivity index (χ0n) is 9.49. The van der Waals surface area contributed by atoms with Gasteiger partial charge in [-0.15, -0.1) is 0 Å². The second kappa shape index (κ2) is 7.94. The molecule has 0 spiro atoms. The monoisotopic (exact) mass is 213 g/mol. The molecule has 0 heterocycles. The molecule has 3 N–H and O–H groups in total. The molecule has 0 atom stereocenters.